The van der Waals surface area contributed by atoms with E-state index in [0.717, 1.165) is 23.3 Å². The maximum atomic E-state index is 8.97. The van der Waals surface area contributed by atoms with E-state index in [1.54, 1.807) is 0 Å². The molecule has 2 rings (SSSR count). The molecule has 0 aliphatic rings. The normalized spacial score (nSPS) is 13.5. The summed E-state index contributed by atoms with van der Waals surface area (Å²) in [5, 5.41) is 8.97. The van der Waals surface area contributed by atoms with Crippen LogP contribution in [-0.2, 0) is 13.5 Å². The van der Waals surface area contributed by atoms with Gasteiger partial charge in [-0.2, -0.15) is 5.26 Å². The number of benzene rings is 1. The van der Waals surface area contributed by atoms with Gasteiger partial charge in [-0.1, -0.05) is 27.7 Å². The smallest absolute Gasteiger partial charge is 0.109 e. The van der Waals surface area contributed by atoms with Crippen LogP contribution in [0.25, 0.3) is 11.0 Å². The van der Waals surface area contributed by atoms with Gasteiger partial charge in [0.1, 0.15) is 5.82 Å². The molecule has 0 spiro atoms. The van der Waals surface area contributed by atoms with Crippen molar-refractivity contribution < 1.29 is 0 Å². The summed E-state index contributed by atoms with van der Waals surface area (Å²) in [5.74, 6) is 1.64. The Balaban J connectivity index is 2.41. The Morgan fingerprint density at radius 2 is 2.05 bits per heavy atom. The zero-order valence-corrected chi connectivity index (χ0v) is 12.4. The second-order valence-electron chi connectivity index (χ2n) is 6.37. The second kappa shape index (κ2) is 4.70. The first-order valence-electron chi connectivity index (χ1n) is 6.68. The average molecular weight is 255 g/mol. The summed E-state index contributed by atoms with van der Waals surface area (Å²) in [7, 11) is 2.03. The van der Waals surface area contributed by atoms with Gasteiger partial charge in [-0.25, -0.2) is 4.98 Å². The lowest BCUT2D eigenvalue weighted by Crippen LogP contribution is -2.20. The summed E-state index contributed by atoms with van der Waals surface area (Å²) >= 11 is 0. The highest BCUT2D eigenvalue weighted by Crippen LogP contribution is 2.29. The summed E-state index contributed by atoms with van der Waals surface area (Å²) in [6.45, 7) is 9.04. The summed E-state index contributed by atoms with van der Waals surface area (Å²) in [5.41, 5.74) is 2.97. The summed E-state index contributed by atoms with van der Waals surface area (Å²) in [6.07, 6.45) is 0.955. The van der Waals surface area contributed by atoms with E-state index in [9.17, 15) is 0 Å². The van der Waals surface area contributed by atoms with E-state index in [2.05, 4.69) is 38.3 Å². The van der Waals surface area contributed by atoms with Crippen molar-refractivity contribution in [2.45, 2.75) is 34.1 Å². The fourth-order valence-corrected chi connectivity index (χ4v) is 2.07. The number of nitriles is 1. The van der Waals surface area contributed by atoms with E-state index >= 15 is 0 Å². The number of fused-ring (bicyclic) bond motifs is 1. The van der Waals surface area contributed by atoms with Crippen LogP contribution in [0.1, 0.15) is 39.1 Å². The van der Waals surface area contributed by atoms with Crippen LogP contribution >= 0.6 is 0 Å². The number of nitrogens with zero attached hydrogens (tertiary/aromatic N) is 3. The van der Waals surface area contributed by atoms with Gasteiger partial charge in [0.15, 0.2) is 0 Å². The van der Waals surface area contributed by atoms with Crippen LogP contribution in [0.3, 0.4) is 0 Å². The molecule has 19 heavy (non-hydrogen) atoms. The maximum Gasteiger partial charge on any atom is 0.109 e. The first kappa shape index (κ1) is 13.6. The molecule has 2 aromatic rings. The van der Waals surface area contributed by atoms with Gasteiger partial charge in [0, 0.05) is 13.5 Å². The molecule has 1 aromatic carbocycles. The Hall–Kier alpha value is -1.82. The Labute approximate surface area is 114 Å². The quantitative estimate of drug-likeness (QED) is 0.821. The highest BCUT2D eigenvalue weighted by molar-refractivity contribution is 5.77. The number of aryl methyl sites for hydroxylation is 1. The minimum absolute atomic E-state index is 0.274. The highest BCUT2D eigenvalue weighted by atomic mass is 15.1. The van der Waals surface area contributed by atoms with E-state index in [0.29, 0.717) is 11.5 Å². The van der Waals surface area contributed by atoms with Gasteiger partial charge in [-0.15, -0.1) is 0 Å². The Morgan fingerprint density at radius 1 is 1.37 bits per heavy atom. The summed E-state index contributed by atoms with van der Waals surface area (Å²) in [6, 6.07) is 7.85. The van der Waals surface area contributed by atoms with Crippen LogP contribution < -0.4 is 0 Å². The monoisotopic (exact) mass is 255 g/mol. The third-order valence-electron chi connectivity index (χ3n) is 4.07. The van der Waals surface area contributed by atoms with Crippen LogP contribution in [0.4, 0.5) is 0 Å². The van der Waals surface area contributed by atoms with Gasteiger partial charge in [-0.05, 0) is 29.5 Å². The molecule has 0 fully saturated rings. The number of rotatable bonds is 2. The molecule has 0 saturated carbocycles. The van der Waals surface area contributed by atoms with Gasteiger partial charge in [-0.3, -0.25) is 0 Å². The molecule has 0 amide bonds. The lowest BCUT2D eigenvalue weighted by atomic mass is 9.80. The summed E-state index contributed by atoms with van der Waals surface area (Å²) < 4.78 is 2.11. The van der Waals surface area contributed by atoms with Crippen molar-refractivity contribution >= 4 is 11.0 Å². The van der Waals surface area contributed by atoms with Crippen molar-refractivity contribution in [3.63, 3.8) is 0 Å². The molecule has 100 valence electrons. The molecule has 3 heteroatoms. The van der Waals surface area contributed by atoms with Gasteiger partial charge >= 0.3 is 0 Å². The highest BCUT2D eigenvalue weighted by Gasteiger charge is 2.22. The van der Waals surface area contributed by atoms with Crippen LogP contribution in [-0.4, -0.2) is 9.55 Å². The molecular weight excluding hydrogens is 234 g/mol. The molecule has 0 aliphatic carbocycles. The molecule has 0 bridgehead atoms. The van der Waals surface area contributed by atoms with Crippen LogP contribution in [0.15, 0.2) is 18.2 Å². The fraction of sp³-hybridized carbons (Fsp3) is 0.500. The SMILES string of the molecule is CC(Cc1nc2ccc(C#N)cc2n1C)C(C)(C)C. The second-order valence-corrected chi connectivity index (χ2v) is 6.37. The van der Waals surface area contributed by atoms with Crippen LogP contribution in [0.5, 0.6) is 0 Å². The first-order chi connectivity index (χ1) is 8.82. The van der Waals surface area contributed by atoms with Gasteiger partial charge < -0.3 is 4.57 Å². The van der Waals surface area contributed by atoms with Crippen LogP contribution in [0.2, 0.25) is 0 Å². The minimum atomic E-state index is 0.274. The van der Waals surface area contributed by atoms with Crippen molar-refractivity contribution in [1.29, 1.82) is 5.26 Å². The standard InChI is InChI=1S/C16H21N3/c1-11(16(2,3)4)8-15-18-13-7-6-12(10-17)9-14(13)19(15)5/h6-7,9,11H,8H2,1-5H3. The van der Waals surface area contributed by atoms with Crippen molar-refractivity contribution in [3.8, 4) is 6.07 Å². The topological polar surface area (TPSA) is 41.6 Å². The van der Waals surface area contributed by atoms with Gasteiger partial charge in [0.25, 0.3) is 0 Å². The van der Waals surface area contributed by atoms with Crippen molar-refractivity contribution in [3.05, 3.63) is 29.6 Å². The Kier molecular flexibility index (Phi) is 3.36. The molecular formula is C16H21N3. The van der Waals surface area contributed by atoms with Crippen LogP contribution in [0, 0.1) is 22.7 Å². The molecule has 0 radical (unpaired) electrons. The molecule has 3 nitrogen and oxygen atoms in total. The van der Waals surface area contributed by atoms with Gasteiger partial charge in [0.05, 0.1) is 22.7 Å². The third-order valence-corrected chi connectivity index (χ3v) is 4.07. The van der Waals surface area contributed by atoms with E-state index in [-0.39, 0.29) is 5.41 Å². The van der Waals surface area contributed by atoms with Crippen molar-refractivity contribution in [1.82, 2.24) is 9.55 Å². The predicted molar refractivity (Wildman–Crippen MR) is 77.8 cm³/mol. The maximum absolute atomic E-state index is 8.97. The third kappa shape index (κ3) is 2.63. The first-order valence-corrected chi connectivity index (χ1v) is 6.68. The fourth-order valence-electron chi connectivity index (χ4n) is 2.07. The number of aromatic nitrogens is 2. The van der Waals surface area contributed by atoms with Crippen molar-refractivity contribution in [2.24, 2.45) is 18.4 Å². The lowest BCUT2D eigenvalue weighted by Gasteiger charge is -2.26. The van der Waals surface area contributed by atoms with Crippen molar-refractivity contribution in [2.75, 3.05) is 0 Å². The molecule has 0 aliphatic heterocycles. The molecule has 1 aromatic heterocycles. The Morgan fingerprint density at radius 3 is 2.63 bits per heavy atom. The largest absolute Gasteiger partial charge is 0.331 e. The predicted octanol–water partition coefficient (Wildman–Crippen LogP) is 3.67. The molecule has 0 saturated heterocycles. The number of hydrogen-bond donors (Lipinski definition) is 0. The van der Waals surface area contributed by atoms with E-state index < -0.39 is 0 Å². The molecule has 1 heterocycles. The number of imidazole rings is 1. The average Bonchev–Trinajstić information content (AvgIpc) is 2.65. The van der Waals surface area contributed by atoms with E-state index in [1.165, 1.54) is 0 Å². The number of hydrogen-bond acceptors (Lipinski definition) is 2. The van der Waals surface area contributed by atoms with E-state index in [4.69, 9.17) is 10.2 Å². The van der Waals surface area contributed by atoms with Gasteiger partial charge in [0.2, 0.25) is 0 Å². The van der Waals surface area contributed by atoms with E-state index in [1.807, 2.05) is 25.2 Å². The summed E-state index contributed by atoms with van der Waals surface area (Å²) in [4.78, 5) is 4.69. The lowest BCUT2D eigenvalue weighted by molar-refractivity contribution is 0.255. The Bertz CT molecular complexity index is 638. The minimum Gasteiger partial charge on any atom is -0.331 e. The zero-order valence-electron chi connectivity index (χ0n) is 12.4. The molecule has 1 atom stereocenters. The molecule has 0 N–H and O–H groups in total. The molecule has 1 unspecified atom stereocenters. The zero-order chi connectivity index (χ0) is 14.2.